The summed E-state index contributed by atoms with van der Waals surface area (Å²) in [6, 6.07) is 6.19. The van der Waals surface area contributed by atoms with Gasteiger partial charge in [0.1, 0.15) is 11.3 Å². The molecular weight excluding hydrogens is 258 g/mol. The minimum absolute atomic E-state index is 0.145. The van der Waals surface area contributed by atoms with Gasteiger partial charge in [-0.3, -0.25) is 9.59 Å². The van der Waals surface area contributed by atoms with Crippen molar-refractivity contribution in [2.24, 2.45) is 0 Å². The number of amides is 1. The van der Waals surface area contributed by atoms with Crippen LogP contribution in [0.2, 0.25) is 0 Å². The molecule has 1 amide bonds. The van der Waals surface area contributed by atoms with E-state index < -0.39 is 5.91 Å². The fourth-order valence-corrected chi connectivity index (χ4v) is 1.86. The average Bonchev–Trinajstić information content (AvgIpc) is 2.78. The Balaban J connectivity index is 1.86. The molecule has 0 radical (unpaired) electrons. The maximum atomic E-state index is 11.9. The highest BCUT2D eigenvalue weighted by atomic mass is 16.2. The molecule has 3 rings (SSSR count). The van der Waals surface area contributed by atoms with E-state index in [4.69, 9.17) is 0 Å². The van der Waals surface area contributed by atoms with Gasteiger partial charge >= 0.3 is 0 Å². The second-order valence-corrected chi connectivity index (χ2v) is 4.33. The fraction of sp³-hybridized carbons (Fsp3) is 0.0769. The van der Waals surface area contributed by atoms with Crippen molar-refractivity contribution < 1.29 is 4.79 Å². The number of nitrogens with zero attached hydrogens (tertiary/aromatic N) is 3. The summed E-state index contributed by atoms with van der Waals surface area (Å²) in [5, 5.41) is 8.60. The molecule has 0 spiro atoms. The van der Waals surface area contributed by atoms with Gasteiger partial charge < -0.3 is 9.72 Å². The minimum Gasteiger partial charge on any atom is -0.319 e. The van der Waals surface area contributed by atoms with Crippen LogP contribution in [0, 0.1) is 6.92 Å². The van der Waals surface area contributed by atoms with Gasteiger partial charge in [-0.2, -0.15) is 5.10 Å². The Morgan fingerprint density at radius 1 is 1.25 bits per heavy atom. The van der Waals surface area contributed by atoms with Crippen molar-refractivity contribution in [3.05, 3.63) is 58.4 Å². The van der Waals surface area contributed by atoms with Crippen LogP contribution in [0.25, 0.3) is 5.65 Å². The summed E-state index contributed by atoms with van der Waals surface area (Å²) in [5.41, 5.74) is 2.12. The summed E-state index contributed by atoms with van der Waals surface area (Å²) in [6.45, 7) is 1.90. The van der Waals surface area contributed by atoms with Gasteiger partial charge in [0.05, 0.1) is 11.4 Å². The predicted molar refractivity (Wildman–Crippen MR) is 72.7 cm³/mol. The van der Waals surface area contributed by atoms with Crippen LogP contribution in [-0.4, -0.2) is 25.5 Å². The zero-order chi connectivity index (χ0) is 14.1. The van der Waals surface area contributed by atoms with Crippen LogP contribution < -0.4 is 10.9 Å². The van der Waals surface area contributed by atoms with Gasteiger partial charge in [-0.05, 0) is 25.1 Å². The number of aromatic amines is 1. The first-order chi connectivity index (χ1) is 9.61. The number of imidazole rings is 1. The Bertz CT molecular complexity index is 829. The van der Waals surface area contributed by atoms with Crippen LogP contribution in [0.15, 0.2) is 41.5 Å². The number of aryl methyl sites for hydroxylation is 1. The molecule has 3 aromatic heterocycles. The number of hydrogen-bond acceptors (Lipinski definition) is 4. The normalized spacial score (nSPS) is 10.7. The number of carbonyl (C=O) groups excluding carboxylic acids is 1. The van der Waals surface area contributed by atoms with Gasteiger partial charge in [0.15, 0.2) is 0 Å². The number of pyridine rings is 1. The van der Waals surface area contributed by atoms with Crippen LogP contribution in [0.4, 0.5) is 5.69 Å². The second-order valence-electron chi connectivity index (χ2n) is 4.33. The summed E-state index contributed by atoms with van der Waals surface area (Å²) < 4.78 is 1.82. The van der Waals surface area contributed by atoms with Gasteiger partial charge in [0, 0.05) is 18.5 Å². The number of H-pyrrole nitrogens is 1. The van der Waals surface area contributed by atoms with Gasteiger partial charge in [0.2, 0.25) is 0 Å². The van der Waals surface area contributed by atoms with E-state index in [-0.39, 0.29) is 11.3 Å². The molecule has 0 bridgehead atoms. The Labute approximate surface area is 113 Å². The lowest BCUT2D eigenvalue weighted by Crippen LogP contribution is -2.17. The van der Waals surface area contributed by atoms with E-state index in [1.807, 2.05) is 23.6 Å². The third-order valence-electron chi connectivity index (χ3n) is 2.74. The topological polar surface area (TPSA) is 92.2 Å². The van der Waals surface area contributed by atoms with Gasteiger partial charge in [-0.15, -0.1) is 0 Å². The Morgan fingerprint density at radius 2 is 2.10 bits per heavy atom. The molecule has 0 aliphatic heterocycles. The monoisotopic (exact) mass is 269 g/mol. The van der Waals surface area contributed by atoms with E-state index in [0.29, 0.717) is 5.69 Å². The highest BCUT2D eigenvalue weighted by Gasteiger charge is 2.08. The van der Waals surface area contributed by atoms with E-state index in [9.17, 15) is 9.59 Å². The summed E-state index contributed by atoms with van der Waals surface area (Å²) in [4.78, 5) is 27.1. The summed E-state index contributed by atoms with van der Waals surface area (Å²) >= 11 is 0. The van der Waals surface area contributed by atoms with Crippen molar-refractivity contribution in [2.75, 3.05) is 5.32 Å². The second kappa shape index (κ2) is 4.61. The van der Waals surface area contributed by atoms with Crippen molar-refractivity contribution >= 4 is 17.2 Å². The van der Waals surface area contributed by atoms with Gasteiger partial charge in [-0.25, -0.2) is 10.1 Å². The number of hydrogen-bond donors (Lipinski definition) is 2. The molecule has 3 heterocycles. The number of fused-ring (bicyclic) bond motifs is 1. The molecule has 20 heavy (non-hydrogen) atoms. The van der Waals surface area contributed by atoms with Crippen molar-refractivity contribution in [1.29, 1.82) is 0 Å². The van der Waals surface area contributed by atoms with Crippen molar-refractivity contribution in [1.82, 2.24) is 19.6 Å². The van der Waals surface area contributed by atoms with Crippen LogP contribution in [0.3, 0.4) is 0 Å². The molecule has 3 aromatic rings. The minimum atomic E-state index is -0.391. The maximum absolute atomic E-state index is 11.9. The fourth-order valence-electron chi connectivity index (χ4n) is 1.86. The van der Waals surface area contributed by atoms with E-state index in [2.05, 4.69) is 20.5 Å². The first-order valence-electron chi connectivity index (χ1n) is 5.94. The zero-order valence-corrected chi connectivity index (χ0v) is 10.6. The Kier molecular flexibility index (Phi) is 2.79. The Morgan fingerprint density at radius 3 is 2.85 bits per heavy atom. The quantitative estimate of drug-likeness (QED) is 0.725. The van der Waals surface area contributed by atoms with E-state index in [1.54, 1.807) is 12.3 Å². The van der Waals surface area contributed by atoms with E-state index in [0.717, 1.165) is 11.3 Å². The first-order valence-corrected chi connectivity index (χ1v) is 5.94. The van der Waals surface area contributed by atoms with Crippen molar-refractivity contribution in [3.63, 3.8) is 0 Å². The smallest absolute Gasteiger partial charge is 0.276 e. The summed E-state index contributed by atoms with van der Waals surface area (Å²) in [7, 11) is 0. The largest absolute Gasteiger partial charge is 0.319 e. The van der Waals surface area contributed by atoms with Crippen LogP contribution in [-0.2, 0) is 0 Å². The van der Waals surface area contributed by atoms with Gasteiger partial charge in [-0.1, -0.05) is 0 Å². The molecule has 0 aliphatic carbocycles. The molecule has 100 valence electrons. The number of aromatic nitrogens is 4. The van der Waals surface area contributed by atoms with Crippen LogP contribution in [0.1, 0.15) is 16.2 Å². The molecule has 2 N–H and O–H groups in total. The number of rotatable bonds is 2. The zero-order valence-electron chi connectivity index (χ0n) is 10.6. The lowest BCUT2D eigenvalue weighted by Gasteiger charge is -2.04. The summed E-state index contributed by atoms with van der Waals surface area (Å²) in [6.07, 6.45) is 3.63. The van der Waals surface area contributed by atoms with Crippen molar-refractivity contribution in [2.45, 2.75) is 6.92 Å². The molecule has 0 aromatic carbocycles. The standard InChI is InChI=1S/C13H11N5O2/c1-8-6-18-7-9(2-4-11(18)14-8)15-13(20)10-3-5-12(19)17-16-10/h2-7H,1H3,(H,15,20)(H,17,19). The molecule has 0 aliphatic rings. The van der Waals surface area contributed by atoms with Crippen molar-refractivity contribution in [3.8, 4) is 0 Å². The first kappa shape index (κ1) is 12.1. The predicted octanol–water partition coefficient (Wildman–Crippen LogP) is 0.978. The Hall–Kier alpha value is -2.96. The lowest BCUT2D eigenvalue weighted by atomic mass is 10.3. The van der Waals surface area contributed by atoms with E-state index >= 15 is 0 Å². The molecule has 7 nitrogen and oxygen atoms in total. The molecule has 7 heteroatoms. The third-order valence-corrected chi connectivity index (χ3v) is 2.74. The van der Waals surface area contributed by atoms with Gasteiger partial charge in [0.25, 0.3) is 11.5 Å². The van der Waals surface area contributed by atoms with E-state index in [1.165, 1.54) is 12.1 Å². The van der Waals surface area contributed by atoms with Crippen LogP contribution >= 0.6 is 0 Å². The SMILES string of the molecule is Cc1cn2cc(NC(=O)c3ccc(=O)[nH]n3)ccc2n1. The van der Waals surface area contributed by atoms with Crippen LogP contribution in [0.5, 0.6) is 0 Å². The number of nitrogens with one attached hydrogen (secondary N) is 2. The highest BCUT2D eigenvalue weighted by molar-refractivity contribution is 6.02. The number of anilines is 1. The maximum Gasteiger partial charge on any atom is 0.276 e. The summed E-state index contributed by atoms with van der Waals surface area (Å²) in [5.74, 6) is -0.391. The molecule has 0 saturated heterocycles. The molecule has 0 unspecified atom stereocenters. The highest BCUT2D eigenvalue weighted by Crippen LogP contribution is 2.12. The molecule has 0 saturated carbocycles. The number of carbonyl (C=O) groups is 1. The average molecular weight is 269 g/mol. The molecule has 0 fully saturated rings. The third kappa shape index (κ3) is 2.28. The molecular formula is C13H11N5O2. The lowest BCUT2D eigenvalue weighted by molar-refractivity contribution is 0.102. The molecule has 0 atom stereocenters.